The van der Waals surface area contributed by atoms with Crippen molar-refractivity contribution in [2.24, 2.45) is 10.9 Å². The Morgan fingerprint density at radius 2 is 2.07 bits per heavy atom. The lowest BCUT2D eigenvalue weighted by atomic mass is 9.94. The predicted molar refractivity (Wildman–Crippen MR) is 112 cm³/mol. The van der Waals surface area contributed by atoms with Gasteiger partial charge in [0.15, 0.2) is 5.96 Å². The fourth-order valence-electron chi connectivity index (χ4n) is 4.22. The van der Waals surface area contributed by atoms with Crippen LogP contribution in [0, 0.1) is 5.92 Å². The molecule has 2 N–H and O–H groups in total. The molecule has 5 atom stereocenters. The summed E-state index contributed by atoms with van der Waals surface area (Å²) in [7, 11) is 1.12. The molecule has 2 aliphatic rings. The molecule has 1 aromatic carbocycles. The van der Waals surface area contributed by atoms with Crippen molar-refractivity contribution in [3.05, 3.63) is 35.9 Å². The minimum absolute atomic E-state index is 0.155. The highest BCUT2D eigenvalue weighted by Gasteiger charge is 2.30. The zero-order chi connectivity index (χ0) is 19.1. The third-order valence-electron chi connectivity index (χ3n) is 5.72. The molecule has 1 aromatic rings. The first-order chi connectivity index (χ1) is 13.2. The van der Waals surface area contributed by atoms with Crippen molar-refractivity contribution in [2.45, 2.75) is 56.4 Å². The van der Waals surface area contributed by atoms with E-state index in [1.165, 1.54) is 5.56 Å². The Bertz CT molecular complexity index is 638. The third-order valence-corrected chi connectivity index (χ3v) is 7.46. The minimum atomic E-state index is -0.699. The fourth-order valence-corrected chi connectivity index (χ4v) is 5.57. The molecule has 27 heavy (non-hydrogen) atoms. The van der Waals surface area contributed by atoms with E-state index in [4.69, 9.17) is 4.74 Å². The first-order valence-electron chi connectivity index (χ1n) is 10.2. The monoisotopic (exact) mass is 391 g/mol. The molecule has 0 bridgehead atoms. The van der Waals surface area contributed by atoms with Crippen LogP contribution in [0.15, 0.2) is 35.3 Å². The van der Waals surface area contributed by atoms with Crippen molar-refractivity contribution >= 4 is 16.8 Å². The Kier molecular flexibility index (Phi) is 7.70. The van der Waals surface area contributed by atoms with Gasteiger partial charge >= 0.3 is 0 Å². The molecular formula is C21H33N3O2S. The molecule has 0 spiro atoms. The largest absolute Gasteiger partial charge is 0.373 e. The van der Waals surface area contributed by atoms with E-state index in [0.717, 1.165) is 57.0 Å². The zero-order valence-electron chi connectivity index (χ0n) is 16.5. The van der Waals surface area contributed by atoms with Crippen LogP contribution in [-0.4, -0.2) is 47.4 Å². The van der Waals surface area contributed by atoms with Gasteiger partial charge in [-0.05, 0) is 31.2 Å². The maximum atomic E-state index is 12.2. The number of benzene rings is 1. The van der Waals surface area contributed by atoms with Crippen LogP contribution in [0.25, 0.3) is 0 Å². The predicted octanol–water partition coefficient (Wildman–Crippen LogP) is 3.01. The van der Waals surface area contributed by atoms with Crippen molar-refractivity contribution in [3.63, 3.8) is 0 Å². The summed E-state index contributed by atoms with van der Waals surface area (Å²) in [5.41, 5.74) is 1.25. The van der Waals surface area contributed by atoms with Crippen LogP contribution in [-0.2, 0) is 15.5 Å². The van der Waals surface area contributed by atoms with Crippen LogP contribution in [0.3, 0.4) is 0 Å². The summed E-state index contributed by atoms with van der Waals surface area (Å²) in [4.78, 5) is 4.41. The Labute approximate surface area is 165 Å². The fraction of sp³-hybridized carbons (Fsp3) is 0.667. The number of guanidine groups is 1. The number of hydrogen-bond acceptors (Lipinski definition) is 3. The van der Waals surface area contributed by atoms with E-state index in [0.29, 0.717) is 17.2 Å². The summed E-state index contributed by atoms with van der Waals surface area (Å²) in [6.45, 7) is 3.67. The van der Waals surface area contributed by atoms with E-state index in [2.05, 4.69) is 39.9 Å². The SMILES string of the molecule is CCS(=O)C1CCCC(NC(=NC)NCC2CCOC2c2ccccc2)C1. The highest BCUT2D eigenvalue weighted by molar-refractivity contribution is 7.85. The van der Waals surface area contributed by atoms with Crippen LogP contribution in [0.4, 0.5) is 0 Å². The Morgan fingerprint density at radius 3 is 2.81 bits per heavy atom. The maximum Gasteiger partial charge on any atom is 0.191 e. The summed E-state index contributed by atoms with van der Waals surface area (Å²) in [5, 5.41) is 7.38. The van der Waals surface area contributed by atoms with E-state index in [1.54, 1.807) is 0 Å². The molecule has 3 rings (SSSR count). The average Bonchev–Trinajstić information content (AvgIpc) is 3.20. The van der Waals surface area contributed by atoms with Crippen LogP contribution in [0.5, 0.6) is 0 Å². The molecule has 1 aliphatic carbocycles. The molecular weight excluding hydrogens is 358 g/mol. The van der Waals surface area contributed by atoms with E-state index >= 15 is 0 Å². The Hall–Kier alpha value is -1.40. The van der Waals surface area contributed by atoms with Crippen molar-refractivity contribution in [2.75, 3.05) is 26.0 Å². The van der Waals surface area contributed by atoms with Gasteiger partial charge in [-0.15, -0.1) is 0 Å². The van der Waals surface area contributed by atoms with Crippen molar-refractivity contribution < 1.29 is 8.95 Å². The number of hydrogen-bond donors (Lipinski definition) is 2. The molecule has 1 saturated carbocycles. The highest BCUT2D eigenvalue weighted by Crippen LogP contribution is 2.33. The second-order valence-electron chi connectivity index (χ2n) is 7.50. The van der Waals surface area contributed by atoms with Crippen molar-refractivity contribution in [1.29, 1.82) is 0 Å². The zero-order valence-corrected chi connectivity index (χ0v) is 17.3. The lowest BCUT2D eigenvalue weighted by Gasteiger charge is -2.30. The van der Waals surface area contributed by atoms with E-state index in [-0.39, 0.29) is 6.10 Å². The maximum absolute atomic E-state index is 12.2. The van der Waals surface area contributed by atoms with Gasteiger partial charge in [-0.2, -0.15) is 0 Å². The number of aliphatic imine (C=N–C) groups is 1. The molecule has 6 heteroatoms. The topological polar surface area (TPSA) is 62.7 Å². The first-order valence-corrected chi connectivity index (χ1v) is 11.6. The van der Waals surface area contributed by atoms with Crippen LogP contribution >= 0.6 is 0 Å². The summed E-state index contributed by atoms with van der Waals surface area (Å²) in [5.74, 6) is 2.05. The summed E-state index contributed by atoms with van der Waals surface area (Å²) >= 11 is 0. The third kappa shape index (κ3) is 5.55. The van der Waals surface area contributed by atoms with Gasteiger partial charge in [0.1, 0.15) is 0 Å². The van der Waals surface area contributed by atoms with Gasteiger partial charge in [0.05, 0.1) is 6.10 Å². The average molecular weight is 392 g/mol. The number of ether oxygens (including phenoxy) is 1. The molecule has 5 nitrogen and oxygen atoms in total. The molecule has 1 aliphatic heterocycles. The lowest BCUT2D eigenvalue weighted by molar-refractivity contribution is 0.0915. The molecule has 2 fully saturated rings. The number of nitrogens with zero attached hydrogens (tertiary/aromatic N) is 1. The Morgan fingerprint density at radius 1 is 1.26 bits per heavy atom. The first kappa shape index (κ1) is 20.3. The van der Waals surface area contributed by atoms with Crippen molar-refractivity contribution in [3.8, 4) is 0 Å². The van der Waals surface area contributed by atoms with Gasteiger partial charge in [-0.1, -0.05) is 43.7 Å². The van der Waals surface area contributed by atoms with Crippen molar-refractivity contribution in [1.82, 2.24) is 10.6 Å². The van der Waals surface area contributed by atoms with E-state index in [1.807, 2.05) is 20.0 Å². The molecule has 5 unspecified atom stereocenters. The normalized spacial score (nSPS) is 30.1. The van der Waals surface area contributed by atoms with Gasteiger partial charge in [0.25, 0.3) is 0 Å². The summed E-state index contributed by atoms with van der Waals surface area (Å²) in [6, 6.07) is 10.8. The summed E-state index contributed by atoms with van der Waals surface area (Å²) < 4.78 is 18.1. The van der Waals surface area contributed by atoms with Gasteiger partial charge < -0.3 is 15.4 Å². The number of nitrogens with one attached hydrogen (secondary N) is 2. The van der Waals surface area contributed by atoms with Crippen LogP contribution in [0.1, 0.15) is 50.7 Å². The second kappa shape index (κ2) is 10.2. The molecule has 1 saturated heterocycles. The molecule has 0 radical (unpaired) electrons. The van der Waals surface area contributed by atoms with Gasteiger partial charge in [-0.25, -0.2) is 0 Å². The smallest absolute Gasteiger partial charge is 0.191 e. The van der Waals surface area contributed by atoms with E-state index < -0.39 is 10.8 Å². The van der Waals surface area contributed by atoms with Crippen LogP contribution < -0.4 is 10.6 Å². The molecule has 150 valence electrons. The van der Waals surface area contributed by atoms with E-state index in [9.17, 15) is 4.21 Å². The standard InChI is InChI=1S/C21H33N3O2S/c1-3-27(25)19-11-7-10-18(14-19)24-21(22-2)23-15-17-12-13-26-20(17)16-8-5-4-6-9-16/h4-6,8-9,17-20H,3,7,10-15H2,1-2H3,(H2,22,23,24). The number of rotatable bonds is 6. The molecule has 0 aromatic heterocycles. The lowest BCUT2D eigenvalue weighted by Crippen LogP contribution is -2.47. The van der Waals surface area contributed by atoms with Gasteiger partial charge in [0.2, 0.25) is 0 Å². The quantitative estimate of drug-likeness (QED) is 0.578. The summed E-state index contributed by atoms with van der Waals surface area (Å²) in [6.07, 6.45) is 5.53. The second-order valence-corrected chi connectivity index (χ2v) is 9.51. The molecule has 1 heterocycles. The Balaban J connectivity index is 1.51. The minimum Gasteiger partial charge on any atom is -0.373 e. The van der Waals surface area contributed by atoms with Gasteiger partial charge in [-0.3, -0.25) is 9.20 Å². The van der Waals surface area contributed by atoms with Gasteiger partial charge in [0, 0.05) is 54.0 Å². The van der Waals surface area contributed by atoms with Crippen LogP contribution in [0.2, 0.25) is 0 Å². The highest BCUT2D eigenvalue weighted by atomic mass is 32.2. The molecule has 0 amide bonds.